The monoisotopic (exact) mass is 412 g/mol. The van der Waals surface area contributed by atoms with E-state index in [-0.39, 0.29) is 12.0 Å². The van der Waals surface area contributed by atoms with E-state index < -0.39 is 0 Å². The maximum absolute atomic E-state index is 13.7. The van der Waals surface area contributed by atoms with E-state index in [1.54, 1.807) is 0 Å². The number of anilines is 1. The largest absolute Gasteiger partial charge is 0.389 e. The number of aryl methyl sites for hydroxylation is 1. The van der Waals surface area contributed by atoms with Gasteiger partial charge in [0.2, 0.25) is 0 Å². The first-order chi connectivity index (χ1) is 15.0. The molecular weight excluding hydrogens is 384 g/mol. The molecule has 0 bridgehead atoms. The number of hydrogen-bond acceptors (Lipinski definition) is 2. The number of aliphatic hydroxyl groups is 1. The molecule has 0 fully saturated rings. The number of fused-ring (bicyclic) bond motifs is 2. The van der Waals surface area contributed by atoms with Crippen molar-refractivity contribution >= 4 is 17.2 Å². The number of para-hydroxylation sites is 1. The smallest absolute Gasteiger partial charge is 0.258 e. The maximum Gasteiger partial charge on any atom is 0.258 e. The molecule has 158 valence electrons. The summed E-state index contributed by atoms with van der Waals surface area (Å²) in [7, 11) is 0. The van der Waals surface area contributed by atoms with Crippen molar-refractivity contribution in [2.45, 2.75) is 52.3 Å². The third-order valence-electron chi connectivity index (χ3n) is 6.79. The number of allylic oxidation sites excluding steroid dienone is 1. The fourth-order valence-corrected chi connectivity index (χ4v) is 4.99. The van der Waals surface area contributed by atoms with E-state index >= 15 is 0 Å². The van der Waals surface area contributed by atoms with Crippen molar-refractivity contribution in [2.75, 3.05) is 4.90 Å². The lowest BCUT2D eigenvalue weighted by Gasteiger charge is -2.25. The molecule has 0 radical (unpaired) electrons. The highest BCUT2D eigenvalue weighted by molar-refractivity contribution is 6.06. The highest BCUT2D eigenvalue weighted by Gasteiger charge is 2.26. The topological polar surface area (TPSA) is 45.5 Å². The number of aliphatic hydroxyl groups excluding tert-OH is 1. The van der Waals surface area contributed by atoms with Gasteiger partial charge in [-0.2, -0.15) is 0 Å². The number of nitrogens with zero attached hydrogens (tertiary/aromatic N) is 2. The predicted molar refractivity (Wildman–Crippen MR) is 124 cm³/mol. The molecule has 1 aliphatic carbocycles. The number of amides is 1. The van der Waals surface area contributed by atoms with Gasteiger partial charge >= 0.3 is 0 Å². The molecule has 0 unspecified atom stereocenters. The SMILES string of the molecule is CC1=C(c2ccc(C(=O)N3Cc4cccn4Cc4ccccc43)cc2C)CCC[C@@H]1O. The summed E-state index contributed by atoms with van der Waals surface area (Å²) in [4.78, 5) is 15.6. The van der Waals surface area contributed by atoms with Crippen LogP contribution in [-0.2, 0) is 13.1 Å². The van der Waals surface area contributed by atoms with Crippen LogP contribution in [0.4, 0.5) is 5.69 Å². The molecule has 2 aliphatic rings. The Hall–Kier alpha value is -3.11. The van der Waals surface area contributed by atoms with Crippen molar-refractivity contribution < 1.29 is 9.90 Å². The van der Waals surface area contributed by atoms with Gasteiger partial charge in [0.1, 0.15) is 0 Å². The number of carbonyl (C=O) groups excluding carboxylic acids is 1. The van der Waals surface area contributed by atoms with E-state index in [1.165, 1.54) is 5.57 Å². The van der Waals surface area contributed by atoms with Crippen LogP contribution in [0.2, 0.25) is 0 Å². The Balaban J connectivity index is 1.52. The zero-order chi connectivity index (χ0) is 21.5. The summed E-state index contributed by atoms with van der Waals surface area (Å²) in [5.41, 5.74) is 8.49. The first kappa shape index (κ1) is 19.8. The Morgan fingerprint density at radius 1 is 1.03 bits per heavy atom. The predicted octanol–water partition coefficient (Wildman–Crippen LogP) is 5.32. The minimum Gasteiger partial charge on any atom is -0.389 e. The minimum atomic E-state index is -0.352. The van der Waals surface area contributed by atoms with Gasteiger partial charge in [0.05, 0.1) is 12.6 Å². The third kappa shape index (κ3) is 3.51. The Kier molecular flexibility index (Phi) is 5.03. The number of rotatable bonds is 2. The summed E-state index contributed by atoms with van der Waals surface area (Å²) in [5.74, 6) is 0.0196. The van der Waals surface area contributed by atoms with Crippen molar-refractivity contribution in [1.29, 1.82) is 0 Å². The van der Waals surface area contributed by atoms with Crippen LogP contribution < -0.4 is 4.90 Å². The van der Waals surface area contributed by atoms with Gasteiger partial charge in [-0.25, -0.2) is 0 Å². The van der Waals surface area contributed by atoms with Crippen LogP contribution in [0.3, 0.4) is 0 Å². The second-order valence-electron chi connectivity index (χ2n) is 8.75. The molecule has 1 amide bonds. The van der Waals surface area contributed by atoms with Crippen molar-refractivity contribution in [3.63, 3.8) is 0 Å². The molecule has 5 rings (SSSR count). The van der Waals surface area contributed by atoms with Crippen LogP contribution in [0.5, 0.6) is 0 Å². The highest BCUT2D eigenvalue weighted by Crippen LogP contribution is 2.35. The Bertz CT molecular complexity index is 1190. The molecule has 0 saturated carbocycles. The molecule has 31 heavy (non-hydrogen) atoms. The summed E-state index contributed by atoms with van der Waals surface area (Å²) in [6, 6.07) is 18.3. The van der Waals surface area contributed by atoms with Gasteiger partial charge in [-0.15, -0.1) is 0 Å². The lowest BCUT2D eigenvalue weighted by Crippen LogP contribution is -2.30. The normalized spacial score (nSPS) is 18.4. The third-order valence-corrected chi connectivity index (χ3v) is 6.79. The van der Waals surface area contributed by atoms with E-state index in [1.807, 2.05) is 48.2 Å². The molecule has 0 spiro atoms. The van der Waals surface area contributed by atoms with Crippen molar-refractivity contribution in [3.05, 3.63) is 94.3 Å². The summed E-state index contributed by atoms with van der Waals surface area (Å²) in [6.45, 7) is 5.42. The molecule has 0 saturated heterocycles. The highest BCUT2D eigenvalue weighted by atomic mass is 16.3. The molecule has 1 aliphatic heterocycles. The van der Waals surface area contributed by atoms with E-state index in [0.717, 1.165) is 59.5 Å². The van der Waals surface area contributed by atoms with Crippen LogP contribution in [0.25, 0.3) is 5.57 Å². The molecule has 1 atom stereocenters. The van der Waals surface area contributed by atoms with Crippen molar-refractivity contribution in [2.24, 2.45) is 0 Å². The number of aromatic nitrogens is 1. The number of hydrogen-bond donors (Lipinski definition) is 1. The summed E-state index contributed by atoms with van der Waals surface area (Å²) < 4.78 is 2.21. The molecule has 4 nitrogen and oxygen atoms in total. The van der Waals surface area contributed by atoms with E-state index in [9.17, 15) is 9.90 Å². The fourth-order valence-electron chi connectivity index (χ4n) is 4.99. The van der Waals surface area contributed by atoms with E-state index in [0.29, 0.717) is 12.1 Å². The maximum atomic E-state index is 13.7. The Morgan fingerprint density at radius 3 is 2.71 bits per heavy atom. The lowest BCUT2D eigenvalue weighted by atomic mass is 9.84. The molecular formula is C27H28N2O2. The quantitative estimate of drug-likeness (QED) is 0.619. The molecule has 1 aromatic heterocycles. The van der Waals surface area contributed by atoms with Crippen LogP contribution >= 0.6 is 0 Å². The summed E-state index contributed by atoms with van der Waals surface area (Å²) >= 11 is 0. The number of benzene rings is 2. The van der Waals surface area contributed by atoms with Gasteiger partial charge in [0, 0.05) is 29.7 Å². The van der Waals surface area contributed by atoms with E-state index in [2.05, 4.69) is 35.9 Å². The van der Waals surface area contributed by atoms with Gasteiger partial charge < -0.3 is 14.6 Å². The van der Waals surface area contributed by atoms with Gasteiger partial charge in [-0.05, 0) is 91.3 Å². The number of carbonyl (C=O) groups is 1. The Labute approximate surface area is 183 Å². The van der Waals surface area contributed by atoms with Crippen LogP contribution in [0.1, 0.15) is 58.9 Å². The van der Waals surface area contributed by atoms with Gasteiger partial charge in [0.15, 0.2) is 0 Å². The minimum absolute atomic E-state index is 0.0196. The van der Waals surface area contributed by atoms with E-state index in [4.69, 9.17) is 0 Å². The average Bonchev–Trinajstić information content (AvgIpc) is 3.14. The summed E-state index contributed by atoms with van der Waals surface area (Å²) in [6.07, 6.45) is 4.54. The molecule has 4 heteroatoms. The lowest BCUT2D eigenvalue weighted by molar-refractivity contribution is 0.0985. The second-order valence-corrected chi connectivity index (χ2v) is 8.75. The van der Waals surface area contributed by atoms with Gasteiger partial charge in [-0.1, -0.05) is 24.3 Å². The summed E-state index contributed by atoms with van der Waals surface area (Å²) in [5, 5.41) is 10.3. The Morgan fingerprint density at radius 2 is 1.87 bits per heavy atom. The molecule has 1 N–H and O–H groups in total. The van der Waals surface area contributed by atoms with Gasteiger partial charge in [-0.3, -0.25) is 4.79 Å². The molecule has 3 aromatic rings. The van der Waals surface area contributed by atoms with Crippen molar-refractivity contribution in [1.82, 2.24) is 4.57 Å². The van der Waals surface area contributed by atoms with Crippen LogP contribution in [-0.4, -0.2) is 21.7 Å². The molecule has 2 aromatic carbocycles. The average molecular weight is 413 g/mol. The standard InChI is InChI=1S/C27H28N2O2/c1-18-15-20(12-13-23(18)24-9-5-11-26(30)19(24)2)27(31)29-17-22-8-6-14-28(22)16-21-7-3-4-10-25(21)29/h3-4,6-8,10,12-15,26,30H,5,9,11,16-17H2,1-2H3/t26-/m0/s1. The fraction of sp³-hybridized carbons (Fsp3) is 0.296. The first-order valence-corrected chi connectivity index (χ1v) is 11.1. The first-order valence-electron chi connectivity index (χ1n) is 11.1. The zero-order valence-electron chi connectivity index (χ0n) is 18.1. The van der Waals surface area contributed by atoms with Crippen LogP contribution in [0, 0.1) is 6.92 Å². The molecule has 2 heterocycles. The van der Waals surface area contributed by atoms with Crippen LogP contribution in [0.15, 0.2) is 66.4 Å². The second kappa shape index (κ2) is 7.86. The van der Waals surface area contributed by atoms with Crippen molar-refractivity contribution in [3.8, 4) is 0 Å². The van der Waals surface area contributed by atoms with Gasteiger partial charge in [0.25, 0.3) is 5.91 Å². The zero-order valence-corrected chi connectivity index (χ0v) is 18.1.